The average Bonchev–Trinajstić information content (AvgIpc) is 2.46. The van der Waals surface area contributed by atoms with E-state index in [0.29, 0.717) is 6.42 Å². The Labute approximate surface area is 124 Å². The minimum atomic E-state index is -4.85. The fourth-order valence-corrected chi connectivity index (χ4v) is 1.92. The van der Waals surface area contributed by atoms with E-state index in [1.165, 1.54) is 6.07 Å². The first-order chi connectivity index (χ1) is 10.3. The molecule has 2 rings (SSSR count). The van der Waals surface area contributed by atoms with Crippen LogP contribution in [0.1, 0.15) is 28.4 Å². The highest BCUT2D eigenvalue weighted by Gasteiger charge is 2.36. The van der Waals surface area contributed by atoms with Gasteiger partial charge in [-0.25, -0.2) is 9.18 Å². The molecule has 6 heteroatoms. The minimum Gasteiger partial charge on any atom is -0.423 e. The number of rotatable bonds is 3. The van der Waals surface area contributed by atoms with Gasteiger partial charge in [0, 0.05) is 0 Å². The molecule has 0 bridgehead atoms. The SMILES string of the molecule is CCc1cccc(OC(=O)c2ccc(F)cc2C(F)(F)F)c1. The van der Waals surface area contributed by atoms with Crippen LogP contribution >= 0.6 is 0 Å². The van der Waals surface area contributed by atoms with E-state index in [9.17, 15) is 22.4 Å². The zero-order valence-electron chi connectivity index (χ0n) is 11.6. The van der Waals surface area contributed by atoms with Crippen LogP contribution in [-0.2, 0) is 12.6 Å². The lowest BCUT2D eigenvalue weighted by Gasteiger charge is -2.12. The second-order valence-corrected chi connectivity index (χ2v) is 4.58. The molecule has 0 saturated carbocycles. The van der Waals surface area contributed by atoms with Crippen molar-refractivity contribution in [2.24, 2.45) is 0 Å². The number of hydrogen-bond acceptors (Lipinski definition) is 2. The third-order valence-corrected chi connectivity index (χ3v) is 3.02. The van der Waals surface area contributed by atoms with Gasteiger partial charge >= 0.3 is 12.1 Å². The van der Waals surface area contributed by atoms with Crippen LogP contribution in [0.4, 0.5) is 17.6 Å². The van der Waals surface area contributed by atoms with Crippen LogP contribution < -0.4 is 4.74 Å². The topological polar surface area (TPSA) is 26.3 Å². The summed E-state index contributed by atoms with van der Waals surface area (Å²) in [6, 6.07) is 8.30. The normalized spacial score (nSPS) is 11.3. The molecule has 0 atom stereocenters. The smallest absolute Gasteiger partial charge is 0.417 e. The fraction of sp³-hybridized carbons (Fsp3) is 0.188. The number of halogens is 4. The summed E-state index contributed by atoms with van der Waals surface area (Å²) in [5.74, 6) is -2.11. The number of carbonyl (C=O) groups excluding carboxylic acids is 1. The molecule has 0 aliphatic heterocycles. The molecule has 0 radical (unpaired) electrons. The lowest BCUT2D eigenvalue weighted by Crippen LogP contribution is -2.17. The molecule has 0 saturated heterocycles. The molecule has 0 fully saturated rings. The van der Waals surface area contributed by atoms with E-state index in [-0.39, 0.29) is 11.8 Å². The van der Waals surface area contributed by atoms with Crippen molar-refractivity contribution in [3.8, 4) is 5.75 Å². The van der Waals surface area contributed by atoms with Gasteiger partial charge in [-0.1, -0.05) is 19.1 Å². The number of aryl methyl sites for hydroxylation is 1. The van der Waals surface area contributed by atoms with Gasteiger partial charge < -0.3 is 4.74 Å². The average molecular weight is 312 g/mol. The number of alkyl halides is 3. The van der Waals surface area contributed by atoms with Crippen molar-refractivity contribution in [2.75, 3.05) is 0 Å². The maximum atomic E-state index is 13.0. The molecule has 2 aromatic carbocycles. The molecule has 2 nitrogen and oxygen atoms in total. The third kappa shape index (κ3) is 3.63. The van der Waals surface area contributed by atoms with E-state index in [0.717, 1.165) is 17.7 Å². The van der Waals surface area contributed by atoms with E-state index < -0.39 is 29.1 Å². The number of ether oxygens (including phenoxy) is 1. The standard InChI is InChI=1S/C16H12F4O2/c1-2-10-4-3-5-12(8-10)22-15(21)13-7-6-11(17)9-14(13)16(18,19)20/h3-9H,2H2,1H3. The van der Waals surface area contributed by atoms with Gasteiger partial charge in [0.1, 0.15) is 11.6 Å². The van der Waals surface area contributed by atoms with E-state index in [1.54, 1.807) is 18.2 Å². The van der Waals surface area contributed by atoms with Crippen LogP contribution in [-0.4, -0.2) is 5.97 Å². The minimum absolute atomic E-state index is 0.141. The predicted molar refractivity (Wildman–Crippen MR) is 72.2 cm³/mol. The lowest BCUT2D eigenvalue weighted by atomic mass is 10.1. The number of benzene rings is 2. The monoisotopic (exact) mass is 312 g/mol. The summed E-state index contributed by atoms with van der Waals surface area (Å²) in [4.78, 5) is 11.9. The maximum Gasteiger partial charge on any atom is 0.417 e. The first kappa shape index (κ1) is 16.0. The van der Waals surface area contributed by atoms with E-state index >= 15 is 0 Å². The molecule has 0 amide bonds. The van der Waals surface area contributed by atoms with Crippen molar-refractivity contribution in [1.82, 2.24) is 0 Å². The van der Waals surface area contributed by atoms with Gasteiger partial charge in [0.05, 0.1) is 11.1 Å². The lowest BCUT2D eigenvalue weighted by molar-refractivity contribution is -0.138. The quantitative estimate of drug-likeness (QED) is 0.469. The highest BCUT2D eigenvalue weighted by Crippen LogP contribution is 2.33. The van der Waals surface area contributed by atoms with Crippen LogP contribution in [0.25, 0.3) is 0 Å². The summed E-state index contributed by atoms with van der Waals surface area (Å²) in [5, 5.41) is 0. The molecule has 0 aromatic heterocycles. The van der Waals surface area contributed by atoms with Crippen molar-refractivity contribution < 1.29 is 27.1 Å². The van der Waals surface area contributed by atoms with Crippen molar-refractivity contribution in [2.45, 2.75) is 19.5 Å². The summed E-state index contributed by atoms with van der Waals surface area (Å²) >= 11 is 0. The Kier molecular flexibility index (Phi) is 4.49. The Morgan fingerprint density at radius 3 is 2.50 bits per heavy atom. The predicted octanol–water partition coefficient (Wildman–Crippen LogP) is 4.63. The summed E-state index contributed by atoms with van der Waals surface area (Å²) in [6.45, 7) is 1.89. The highest BCUT2D eigenvalue weighted by atomic mass is 19.4. The first-order valence-electron chi connectivity index (χ1n) is 6.49. The fourth-order valence-electron chi connectivity index (χ4n) is 1.92. The Hall–Kier alpha value is -2.37. The molecule has 0 heterocycles. The third-order valence-electron chi connectivity index (χ3n) is 3.02. The number of carbonyl (C=O) groups is 1. The molecule has 0 aliphatic rings. The Balaban J connectivity index is 2.33. The summed E-state index contributed by atoms with van der Waals surface area (Å²) < 4.78 is 56.6. The van der Waals surface area contributed by atoms with E-state index in [1.807, 2.05) is 6.92 Å². The molecule has 0 N–H and O–H groups in total. The molecular weight excluding hydrogens is 300 g/mol. The first-order valence-corrected chi connectivity index (χ1v) is 6.49. The molecule has 116 valence electrons. The van der Waals surface area contributed by atoms with Gasteiger partial charge in [-0.3, -0.25) is 0 Å². The molecule has 0 aliphatic carbocycles. The molecule has 0 unspecified atom stereocenters. The van der Waals surface area contributed by atoms with Crippen LogP contribution in [0.5, 0.6) is 5.75 Å². The Bertz CT molecular complexity index is 693. The van der Waals surface area contributed by atoms with Gasteiger partial charge in [-0.2, -0.15) is 13.2 Å². The van der Waals surface area contributed by atoms with Crippen LogP contribution in [0.3, 0.4) is 0 Å². The van der Waals surface area contributed by atoms with Crippen molar-refractivity contribution in [1.29, 1.82) is 0 Å². The van der Waals surface area contributed by atoms with Gasteiger partial charge in [-0.15, -0.1) is 0 Å². The van der Waals surface area contributed by atoms with Crippen molar-refractivity contribution >= 4 is 5.97 Å². The zero-order chi connectivity index (χ0) is 16.3. The van der Waals surface area contributed by atoms with Crippen molar-refractivity contribution in [3.63, 3.8) is 0 Å². The largest absolute Gasteiger partial charge is 0.423 e. The van der Waals surface area contributed by atoms with Crippen LogP contribution in [0.2, 0.25) is 0 Å². The Morgan fingerprint density at radius 1 is 1.14 bits per heavy atom. The second-order valence-electron chi connectivity index (χ2n) is 4.58. The number of hydrogen-bond donors (Lipinski definition) is 0. The molecular formula is C16H12F4O2. The summed E-state index contributed by atoms with van der Waals surface area (Å²) in [6.07, 6.45) is -4.16. The van der Waals surface area contributed by atoms with Gasteiger partial charge in [0.25, 0.3) is 0 Å². The summed E-state index contributed by atoms with van der Waals surface area (Å²) in [5.41, 5.74) is -1.21. The van der Waals surface area contributed by atoms with Crippen molar-refractivity contribution in [3.05, 3.63) is 65.0 Å². The van der Waals surface area contributed by atoms with Gasteiger partial charge in [-0.05, 0) is 42.3 Å². The zero-order valence-corrected chi connectivity index (χ0v) is 11.6. The second kappa shape index (κ2) is 6.17. The Morgan fingerprint density at radius 2 is 1.86 bits per heavy atom. The maximum absolute atomic E-state index is 13.0. The molecule has 2 aromatic rings. The van der Waals surface area contributed by atoms with Gasteiger partial charge in [0.15, 0.2) is 0 Å². The van der Waals surface area contributed by atoms with E-state index in [2.05, 4.69) is 0 Å². The van der Waals surface area contributed by atoms with Gasteiger partial charge in [0.2, 0.25) is 0 Å². The summed E-state index contributed by atoms with van der Waals surface area (Å²) in [7, 11) is 0. The highest BCUT2D eigenvalue weighted by molar-refractivity contribution is 5.92. The van der Waals surface area contributed by atoms with E-state index in [4.69, 9.17) is 4.74 Å². The van der Waals surface area contributed by atoms with Crippen LogP contribution in [0.15, 0.2) is 42.5 Å². The number of esters is 1. The van der Waals surface area contributed by atoms with Crippen LogP contribution in [0, 0.1) is 5.82 Å². The molecule has 0 spiro atoms. The molecule has 22 heavy (non-hydrogen) atoms.